The Balaban J connectivity index is 1.50. The number of fused-ring (bicyclic) bond motifs is 2. The molecular formula is C33H39N7O3. The number of benzene rings is 2. The Kier molecular flexibility index (Phi) is 6.96. The van der Waals surface area contributed by atoms with Crippen molar-refractivity contribution < 1.29 is 9.53 Å². The predicted molar refractivity (Wildman–Crippen MR) is 169 cm³/mol. The zero-order chi connectivity index (χ0) is 29.8. The Hall–Kier alpha value is -4.18. The van der Waals surface area contributed by atoms with Crippen LogP contribution in [0, 0.1) is 6.92 Å². The molecule has 3 aliphatic rings. The minimum Gasteiger partial charge on any atom is -0.494 e. The van der Waals surface area contributed by atoms with Gasteiger partial charge in [-0.05, 0) is 87.0 Å². The van der Waals surface area contributed by atoms with Crippen LogP contribution < -0.4 is 15.3 Å². The molecule has 2 aliphatic heterocycles. The highest BCUT2D eigenvalue weighted by Gasteiger charge is 2.34. The van der Waals surface area contributed by atoms with Crippen molar-refractivity contribution >= 4 is 33.5 Å². The van der Waals surface area contributed by atoms with Gasteiger partial charge in [-0.3, -0.25) is 14.5 Å². The van der Waals surface area contributed by atoms with E-state index in [2.05, 4.69) is 58.7 Å². The second-order valence-corrected chi connectivity index (χ2v) is 12.3. The van der Waals surface area contributed by atoms with Crippen molar-refractivity contribution in [3.8, 4) is 16.9 Å². The van der Waals surface area contributed by atoms with Crippen molar-refractivity contribution in [2.45, 2.75) is 51.1 Å². The second kappa shape index (κ2) is 10.8. The fraction of sp³-hybridized carbons (Fsp3) is 0.455. The first-order valence-electron chi connectivity index (χ1n) is 15.3. The molecule has 1 N–H and O–H groups in total. The smallest absolute Gasteiger partial charge is 0.350 e. The molecule has 2 aromatic heterocycles. The predicted octanol–water partition coefficient (Wildman–Crippen LogP) is 4.06. The van der Waals surface area contributed by atoms with Gasteiger partial charge in [-0.25, -0.2) is 4.79 Å². The number of likely N-dealkylation sites (N-methyl/N-ethyl adjacent to an activating group) is 1. The number of aryl methyl sites for hydroxylation is 1. The lowest BCUT2D eigenvalue weighted by Gasteiger charge is -2.36. The van der Waals surface area contributed by atoms with Crippen molar-refractivity contribution in [2.75, 3.05) is 51.8 Å². The van der Waals surface area contributed by atoms with Crippen LogP contribution in [-0.4, -0.2) is 88.4 Å². The van der Waals surface area contributed by atoms with Crippen molar-refractivity contribution in [1.29, 1.82) is 0 Å². The number of rotatable bonds is 7. The molecule has 2 aromatic carbocycles. The molecule has 1 amide bonds. The molecule has 43 heavy (non-hydrogen) atoms. The molecule has 0 spiro atoms. The average Bonchev–Trinajstić information content (AvgIpc) is 3.62. The fourth-order valence-corrected chi connectivity index (χ4v) is 7.14. The summed E-state index contributed by atoms with van der Waals surface area (Å²) in [5.74, 6) is 1.73. The Labute approximate surface area is 250 Å². The first kappa shape index (κ1) is 27.6. The highest BCUT2D eigenvalue weighted by Crippen LogP contribution is 2.52. The number of methoxy groups -OCH3 is 1. The monoisotopic (exact) mass is 581 g/mol. The third-order valence-corrected chi connectivity index (χ3v) is 9.66. The lowest BCUT2D eigenvalue weighted by atomic mass is 9.89. The number of likely N-dealkylation sites (tertiary alicyclic amines) is 1. The van der Waals surface area contributed by atoms with E-state index in [4.69, 9.17) is 9.72 Å². The molecule has 7 rings (SSSR count). The summed E-state index contributed by atoms with van der Waals surface area (Å²) in [6, 6.07) is 6.72. The van der Waals surface area contributed by atoms with Crippen LogP contribution in [-0.2, 0) is 11.3 Å². The number of carbonyl (C=O) groups excluding carboxylic acids is 1. The van der Waals surface area contributed by atoms with Crippen molar-refractivity contribution in [2.24, 2.45) is 0 Å². The van der Waals surface area contributed by atoms with Gasteiger partial charge in [0.2, 0.25) is 5.91 Å². The maximum Gasteiger partial charge on any atom is 0.350 e. The Morgan fingerprint density at radius 2 is 1.91 bits per heavy atom. The zero-order valence-electron chi connectivity index (χ0n) is 25.2. The minimum absolute atomic E-state index is 0.0697. The van der Waals surface area contributed by atoms with E-state index >= 15 is 0 Å². The maximum absolute atomic E-state index is 14.1. The summed E-state index contributed by atoms with van der Waals surface area (Å²) < 4.78 is 8.24. The van der Waals surface area contributed by atoms with Crippen LogP contribution in [0.25, 0.3) is 32.9 Å². The number of aromatic nitrogens is 4. The van der Waals surface area contributed by atoms with E-state index in [1.165, 1.54) is 11.6 Å². The quantitative estimate of drug-likeness (QED) is 0.329. The van der Waals surface area contributed by atoms with Gasteiger partial charge in [0.1, 0.15) is 5.82 Å². The molecule has 1 atom stereocenters. The van der Waals surface area contributed by atoms with E-state index in [1.54, 1.807) is 12.0 Å². The van der Waals surface area contributed by atoms with Gasteiger partial charge in [0.15, 0.2) is 5.75 Å². The van der Waals surface area contributed by atoms with Gasteiger partial charge >= 0.3 is 5.69 Å². The second-order valence-electron chi connectivity index (χ2n) is 12.3. The van der Waals surface area contributed by atoms with Crippen LogP contribution in [0.2, 0.25) is 0 Å². The molecule has 4 aromatic rings. The van der Waals surface area contributed by atoms with Crippen molar-refractivity contribution in [3.63, 3.8) is 0 Å². The first-order chi connectivity index (χ1) is 20.9. The van der Waals surface area contributed by atoms with Gasteiger partial charge in [-0.1, -0.05) is 12.6 Å². The molecule has 4 heterocycles. The van der Waals surface area contributed by atoms with Gasteiger partial charge in [-0.15, -0.1) is 0 Å². The number of nitrogens with one attached hydrogen (secondary N) is 1. The Morgan fingerprint density at radius 1 is 1.12 bits per heavy atom. The summed E-state index contributed by atoms with van der Waals surface area (Å²) in [6.45, 7) is 9.63. The van der Waals surface area contributed by atoms with Gasteiger partial charge in [0.05, 0.1) is 24.3 Å². The van der Waals surface area contributed by atoms with Crippen LogP contribution in [0.5, 0.6) is 5.75 Å². The molecule has 1 aliphatic carbocycles. The number of carbonyl (C=O) groups is 1. The molecular weight excluding hydrogens is 542 g/mol. The molecule has 224 valence electrons. The summed E-state index contributed by atoms with van der Waals surface area (Å²) in [5, 5.41) is 9.48. The van der Waals surface area contributed by atoms with Crippen molar-refractivity contribution in [1.82, 2.24) is 29.5 Å². The minimum atomic E-state index is -0.269. The zero-order valence-corrected chi connectivity index (χ0v) is 25.2. The number of amides is 1. The summed E-state index contributed by atoms with van der Waals surface area (Å²) in [5.41, 5.74) is 6.00. The largest absolute Gasteiger partial charge is 0.494 e. The number of hydrogen-bond donors (Lipinski definition) is 1. The fourth-order valence-electron chi connectivity index (χ4n) is 7.14. The van der Waals surface area contributed by atoms with E-state index in [9.17, 15) is 9.59 Å². The topological polar surface area (TPSA) is 99.6 Å². The number of ether oxygens (including phenoxy) is 1. The first-order valence-corrected chi connectivity index (χ1v) is 15.3. The molecule has 0 unspecified atom stereocenters. The van der Waals surface area contributed by atoms with Crippen LogP contribution in [0.3, 0.4) is 0 Å². The number of piperazine rings is 1. The summed E-state index contributed by atoms with van der Waals surface area (Å²) in [7, 11) is 3.85. The van der Waals surface area contributed by atoms with E-state index in [-0.39, 0.29) is 17.6 Å². The van der Waals surface area contributed by atoms with Gasteiger partial charge in [0, 0.05) is 55.1 Å². The lowest BCUT2D eigenvalue weighted by Crippen LogP contribution is -2.49. The molecule has 0 bridgehead atoms. The molecule has 1 saturated carbocycles. The molecule has 3 fully saturated rings. The number of H-pyrrole nitrogens is 1. The molecule has 10 nitrogen and oxygen atoms in total. The molecule has 0 radical (unpaired) electrons. The number of anilines is 1. The van der Waals surface area contributed by atoms with Gasteiger partial charge in [0.25, 0.3) is 0 Å². The maximum atomic E-state index is 14.1. The average molecular weight is 582 g/mol. The normalized spacial score (nSPS) is 19.5. The molecule has 2 saturated heterocycles. The van der Waals surface area contributed by atoms with E-state index in [0.717, 1.165) is 76.5 Å². The van der Waals surface area contributed by atoms with E-state index in [1.807, 2.05) is 10.8 Å². The van der Waals surface area contributed by atoms with E-state index in [0.29, 0.717) is 44.5 Å². The SMILES string of the molecule is C=CC(=O)N1CCN(c2nc(=O)n(C[C@@H]3CCCN3C)c3c(OC)c(-c4c(C)ccc5[nH]ncc45)c(C4CC4)cc23)CC1. The Bertz CT molecular complexity index is 1800. The summed E-state index contributed by atoms with van der Waals surface area (Å²) in [6.07, 6.45) is 7.62. The van der Waals surface area contributed by atoms with E-state index < -0.39 is 0 Å². The van der Waals surface area contributed by atoms with Crippen LogP contribution in [0.4, 0.5) is 5.82 Å². The van der Waals surface area contributed by atoms with Gasteiger partial charge < -0.3 is 19.4 Å². The number of nitrogens with zero attached hydrogens (tertiary/aromatic N) is 6. The lowest BCUT2D eigenvalue weighted by molar-refractivity contribution is -0.126. The highest BCUT2D eigenvalue weighted by molar-refractivity contribution is 6.06. The standard InChI is InChI=1S/C33H39N7O3/c1-5-27(41)38-13-15-39(16-14-38)32-24-17-23(21-9-10-21)29(28-20(2)8-11-26-25(28)18-34-36-26)31(43-4)30(24)40(33(42)35-32)19-22-7-6-12-37(22)3/h5,8,11,17-18,21-22H,1,6-7,9-10,12-16,19H2,2-4H3,(H,34,36)/t22-/m0/s1. The van der Waals surface area contributed by atoms with Crippen molar-refractivity contribution in [3.05, 3.63) is 58.7 Å². The van der Waals surface area contributed by atoms with Crippen LogP contribution in [0.1, 0.15) is 42.7 Å². The number of hydrogen-bond acceptors (Lipinski definition) is 7. The summed E-state index contributed by atoms with van der Waals surface area (Å²) in [4.78, 5) is 37.4. The van der Waals surface area contributed by atoms with Crippen LogP contribution in [0.15, 0.2) is 41.8 Å². The highest BCUT2D eigenvalue weighted by atomic mass is 16.5. The molecule has 10 heteroatoms. The van der Waals surface area contributed by atoms with Crippen LogP contribution >= 0.6 is 0 Å². The number of aromatic amines is 1. The summed E-state index contributed by atoms with van der Waals surface area (Å²) >= 11 is 0. The Morgan fingerprint density at radius 3 is 2.58 bits per heavy atom. The van der Waals surface area contributed by atoms with Gasteiger partial charge in [-0.2, -0.15) is 10.1 Å². The third kappa shape index (κ3) is 4.68. The third-order valence-electron chi connectivity index (χ3n) is 9.66.